The van der Waals surface area contributed by atoms with E-state index in [4.69, 9.17) is 9.47 Å². The lowest BCUT2D eigenvalue weighted by Gasteiger charge is -2.41. The van der Waals surface area contributed by atoms with E-state index in [1.54, 1.807) is 12.1 Å². The number of rotatable bonds is 5. The number of nitrogens with zero attached hydrogens (tertiary/aromatic N) is 3. The van der Waals surface area contributed by atoms with Crippen molar-refractivity contribution in [2.75, 3.05) is 24.8 Å². The molecule has 0 saturated carbocycles. The third-order valence-corrected chi connectivity index (χ3v) is 6.32. The van der Waals surface area contributed by atoms with Gasteiger partial charge in [0, 0.05) is 20.7 Å². The number of aromatic hydroxyl groups is 1. The standard InChI is InChI=1S/C18H27N3O4Si/c1-12-8-16-14(9-15(12)22)21-13(2)18(23)20(19-17(21)10-25-16)11-24-6-7-26(3,4)5/h8-9,13,22H,6-7,10-11H2,1-5H3. The quantitative estimate of drug-likeness (QED) is 0.631. The van der Waals surface area contributed by atoms with Crippen LogP contribution in [0.3, 0.4) is 0 Å². The molecule has 0 radical (unpaired) electrons. The number of hydrazone groups is 1. The van der Waals surface area contributed by atoms with Crippen molar-refractivity contribution in [3.8, 4) is 11.5 Å². The monoisotopic (exact) mass is 377 g/mol. The van der Waals surface area contributed by atoms with Crippen LogP contribution >= 0.6 is 0 Å². The zero-order valence-corrected chi connectivity index (χ0v) is 17.1. The predicted octanol–water partition coefficient (Wildman–Crippen LogP) is 2.76. The fourth-order valence-electron chi connectivity index (χ4n) is 2.96. The summed E-state index contributed by atoms with van der Waals surface area (Å²) in [5.74, 6) is 1.33. The number of amides is 1. The Kier molecular flexibility index (Phi) is 4.98. The molecule has 0 spiro atoms. The van der Waals surface area contributed by atoms with Gasteiger partial charge in [-0.3, -0.25) is 4.79 Å². The maximum atomic E-state index is 12.7. The Bertz CT molecular complexity index is 745. The first-order valence-electron chi connectivity index (χ1n) is 8.89. The van der Waals surface area contributed by atoms with Crippen LogP contribution in [0.2, 0.25) is 25.7 Å². The van der Waals surface area contributed by atoms with Crippen LogP contribution in [0.4, 0.5) is 5.69 Å². The van der Waals surface area contributed by atoms with Crippen LogP contribution in [-0.2, 0) is 9.53 Å². The Morgan fingerprint density at radius 1 is 1.38 bits per heavy atom. The number of aryl methyl sites for hydroxylation is 1. The van der Waals surface area contributed by atoms with Gasteiger partial charge in [0.1, 0.15) is 30.9 Å². The van der Waals surface area contributed by atoms with Gasteiger partial charge in [-0.2, -0.15) is 5.10 Å². The van der Waals surface area contributed by atoms with Crippen molar-refractivity contribution < 1.29 is 19.4 Å². The number of anilines is 1. The van der Waals surface area contributed by atoms with Crippen LogP contribution in [0.5, 0.6) is 11.5 Å². The first kappa shape index (κ1) is 18.7. The molecule has 1 N–H and O–H groups in total. The van der Waals surface area contributed by atoms with E-state index in [-0.39, 0.29) is 25.0 Å². The highest BCUT2D eigenvalue weighted by atomic mass is 28.3. The normalized spacial score (nSPS) is 19.7. The summed E-state index contributed by atoms with van der Waals surface area (Å²) < 4.78 is 11.5. The third kappa shape index (κ3) is 3.71. The Labute approximate surface area is 155 Å². The zero-order valence-electron chi connectivity index (χ0n) is 16.1. The molecular formula is C18H27N3O4Si. The van der Waals surface area contributed by atoms with Gasteiger partial charge in [-0.1, -0.05) is 19.6 Å². The lowest BCUT2D eigenvalue weighted by Crippen LogP contribution is -2.57. The summed E-state index contributed by atoms with van der Waals surface area (Å²) in [6.45, 7) is 11.6. The fourth-order valence-corrected chi connectivity index (χ4v) is 3.72. The van der Waals surface area contributed by atoms with Crippen LogP contribution in [0.15, 0.2) is 17.2 Å². The molecule has 26 heavy (non-hydrogen) atoms. The number of phenolic OH excluding ortho intramolecular Hbond substituents is 1. The average Bonchev–Trinajstić information content (AvgIpc) is 2.55. The summed E-state index contributed by atoms with van der Waals surface area (Å²) in [5.41, 5.74) is 1.40. The van der Waals surface area contributed by atoms with Crippen molar-refractivity contribution in [3.05, 3.63) is 17.7 Å². The Hall–Kier alpha value is -2.06. The number of fused-ring (bicyclic) bond motifs is 3. The zero-order chi connectivity index (χ0) is 19.1. The van der Waals surface area contributed by atoms with Gasteiger partial charge in [0.15, 0.2) is 5.84 Å². The van der Waals surface area contributed by atoms with Crippen molar-refractivity contribution in [1.29, 1.82) is 0 Å². The van der Waals surface area contributed by atoms with E-state index in [0.29, 0.717) is 23.9 Å². The predicted molar refractivity (Wildman–Crippen MR) is 104 cm³/mol. The summed E-state index contributed by atoms with van der Waals surface area (Å²) in [5, 5.41) is 15.8. The molecule has 142 valence electrons. The molecule has 2 heterocycles. The highest BCUT2D eigenvalue weighted by Gasteiger charge is 2.39. The van der Waals surface area contributed by atoms with Crippen LogP contribution in [0.25, 0.3) is 0 Å². The number of carbonyl (C=O) groups is 1. The topological polar surface area (TPSA) is 74.6 Å². The highest BCUT2D eigenvalue weighted by molar-refractivity contribution is 6.76. The molecule has 0 saturated heterocycles. The number of benzene rings is 1. The minimum Gasteiger partial charge on any atom is -0.508 e. The van der Waals surface area contributed by atoms with Crippen LogP contribution in [-0.4, -0.2) is 55.9 Å². The number of carbonyl (C=O) groups excluding carboxylic acids is 1. The second-order valence-electron chi connectivity index (χ2n) is 8.04. The average molecular weight is 378 g/mol. The van der Waals surface area contributed by atoms with E-state index in [9.17, 15) is 9.90 Å². The summed E-state index contributed by atoms with van der Waals surface area (Å²) >= 11 is 0. The fraction of sp³-hybridized carbons (Fsp3) is 0.556. The minimum atomic E-state index is -1.17. The second-order valence-corrected chi connectivity index (χ2v) is 13.7. The molecule has 0 aliphatic carbocycles. The molecule has 1 aromatic rings. The molecule has 0 fully saturated rings. The smallest absolute Gasteiger partial charge is 0.267 e. The lowest BCUT2D eigenvalue weighted by molar-refractivity contribution is -0.138. The SMILES string of the molecule is Cc1cc2c(cc1O)N1C(=NN(COCC[Si](C)(C)C)C(=O)C1C)CO2. The Morgan fingerprint density at radius 2 is 2.12 bits per heavy atom. The summed E-state index contributed by atoms with van der Waals surface area (Å²) in [6.07, 6.45) is 0. The molecule has 1 amide bonds. The van der Waals surface area contributed by atoms with E-state index in [0.717, 1.165) is 11.6 Å². The van der Waals surface area contributed by atoms with Crippen LogP contribution < -0.4 is 9.64 Å². The number of ether oxygens (including phenoxy) is 2. The molecule has 2 aliphatic rings. The Morgan fingerprint density at radius 3 is 2.81 bits per heavy atom. The van der Waals surface area contributed by atoms with Crippen molar-refractivity contribution in [3.63, 3.8) is 0 Å². The summed E-state index contributed by atoms with van der Waals surface area (Å²) in [4.78, 5) is 14.6. The molecule has 3 rings (SSSR count). The van der Waals surface area contributed by atoms with Crippen molar-refractivity contribution in [2.45, 2.75) is 45.6 Å². The summed E-state index contributed by atoms with van der Waals surface area (Å²) in [6, 6.07) is 4.02. The van der Waals surface area contributed by atoms with Gasteiger partial charge in [-0.15, -0.1) is 0 Å². The minimum absolute atomic E-state index is 0.130. The van der Waals surface area contributed by atoms with E-state index >= 15 is 0 Å². The maximum Gasteiger partial charge on any atom is 0.267 e. The second kappa shape index (κ2) is 6.92. The van der Waals surface area contributed by atoms with Gasteiger partial charge in [-0.05, 0) is 31.5 Å². The van der Waals surface area contributed by atoms with Gasteiger partial charge in [-0.25, -0.2) is 5.01 Å². The number of phenols is 1. The van der Waals surface area contributed by atoms with Crippen molar-refractivity contribution in [1.82, 2.24) is 5.01 Å². The van der Waals surface area contributed by atoms with E-state index in [1.165, 1.54) is 5.01 Å². The molecule has 1 aromatic carbocycles. The van der Waals surface area contributed by atoms with E-state index in [2.05, 4.69) is 24.7 Å². The van der Waals surface area contributed by atoms with E-state index in [1.807, 2.05) is 18.7 Å². The molecule has 1 atom stereocenters. The lowest BCUT2D eigenvalue weighted by atomic mass is 10.1. The van der Waals surface area contributed by atoms with Gasteiger partial charge >= 0.3 is 0 Å². The molecule has 2 aliphatic heterocycles. The largest absolute Gasteiger partial charge is 0.508 e. The Balaban J connectivity index is 1.77. The highest BCUT2D eigenvalue weighted by Crippen LogP contribution is 2.39. The van der Waals surface area contributed by atoms with E-state index < -0.39 is 14.1 Å². The number of hydrogen-bond donors (Lipinski definition) is 1. The molecular weight excluding hydrogens is 350 g/mol. The van der Waals surface area contributed by atoms with Gasteiger partial charge in [0.25, 0.3) is 5.91 Å². The maximum absolute atomic E-state index is 12.7. The molecule has 0 bridgehead atoms. The van der Waals surface area contributed by atoms with Crippen LogP contribution in [0.1, 0.15) is 12.5 Å². The summed E-state index contributed by atoms with van der Waals surface area (Å²) in [7, 11) is -1.17. The van der Waals surface area contributed by atoms with Gasteiger partial charge in [0.05, 0.1) is 5.69 Å². The van der Waals surface area contributed by atoms with Gasteiger partial charge in [0.2, 0.25) is 0 Å². The van der Waals surface area contributed by atoms with Crippen molar-refractivity contribution in [2.24, 2.45) is 5.10 Å². The first-order chi connectivity index (χ1) is 12.2. The first-order valence-corrected chi connectivity index (χ1v) is 12.6. The van der Waals surface area contributed by atoms with Crippen molar-refractivity contribution >= 4 is 25.5 Å². The number of amidine groups is 1. The van der Waals surface area contributed by atoms with Crippen LogP contribution in [0, 0.1) is 6.92 Å². The number of hydrogen-bond acceptors (Lipinski definition) is 6. The molecule has 0 aromatic heterocycles. The molecule has 8 heteroatoms. The third-order valence-electron chi connectivity index (χ3n) is 4.62. The molecule has 1 unspecified atom stereocenters. The van der Waals surface area contributed by atoms with Gasteiger partial charge < -0.3 is 19.5 Å². The molecule has 7 nitrogen and oxygen atoms in total.